The normalized spacial score (nSPS) is 15.1. The SMILES string of the molecule is CCOC(CCNC(=NC)NCc1cc(Cl)c2c(c1)OCCO2)C(C)C. The first-order valence-corrected chi connectivity index (χ1v) is 9.57. The van der Waals surface area contributed by atoms with Crippen LogP contribution in [-0.4, -0.2) is 45.5 Å². The zero-order valence-electron chi connectivity index (χ0n) is 16.1. The van der Waals surface area contributed by atoms with Crippen LogP contribution in [0.3, 0.4) is 0 Å². The Labute approximate surface area is 161 Å². The van der Waals surface area contributed by atoms with Gasteiger partial charge in [-0.1, -0.05) is 25.4 Å². The Morgan fingerprint density at radius 1 is 1.27 bits per heavy atom. The molecule has 0 bridgehead atoms. The van der Waals surface area contributed by atoms with Crippen LogP contribution in [0.1, 0.15) is 32.8 Å². The maximum atomic E-state index is 6.28. The van der Waals surface area contributed by atoms with E-state index in [0.717, 1.165) is 31.1 Å². The van der Waals surface area contributed by atoms with Crippen molar-refractivity contribution < 1.29 is 14.2 Å². The topological polar surface area (TPSA) is 64.1 Å². The van der Waals surface area contributed by atoms with Crippen LogP contribution in [0.2, 0.25) is 5.02 Å². The molecule has 0 radical (unpaired) electrons. The summed E-state index contributed by atoms with van der Waals surface area (Å²) in [5.41, 5.74) is 1.01. The Morgan fingerprint density at radius 2 is 2.04 bits per heavy atom. The first kappa shape index (κ1) is 20.6. The third kappa shape index (κ3) is 5.95. The lowest BCUT2D eigenvalue weighted by Gasteiger charge is -2.22. The first-order chi connectivity index (χ1) is 12.5. The minimum Gasteiger partial charge on any atom is -0.486 e. The van der Waals surface area contributed by atoms with Crippen LogP contribution >= 0.6 is 11.6 Å². The number of hydrogen-bond donors (Lipinski definition) is 2. The highest BCUT2D eigenvalue weighted by Crippen LogP contribution is 2.38. The number of aliphatic imine (C=N–C) groups is 1. The molecule has 1 heterocycles. The maximum absolute atomic E-state index is 6.28. The van der Waals surface area contributed by atoms with Crippen LogP contribution in [0.4, 0.5) is 0 Å². The second-order valence-corrected chi connectivity index (χ2v) is 6.89. The zero-order valence-corrected chi connectivity index (χ0v) is 16.9. The molecule has 6 nitrogen and oxygen atoms in total. The van der Waals surface area contributed by atoms with Crippen molar-refractivity contribution in [2.75, 3.05) is 33.4 Å². The van der Waals surface area contributed by atoms with Crippen molar-refractivity contribution in [3.63, 3.8) is 0 Å². The minimum absolute atomic E-state index is 0.252. The van der Waals surface area contributed by atoms with Crippen LogP contribution in [0, 0.1) is 5.92 Å². The Morgan fingerprint density at radius 3 is 2.73 bits per heavy atom. The van der Waals surface area contributed by atoms with Gasteiger partial charge in [0.1, 0.15) is 13.2 Å². The van der Waals surface area contributed by atoms with Gasteiger partial charge in [0.25, 0.3) is 0 Å². The molecule has 1 unspecified atom stereocenters. The number of ether oxygens (including phenoxy) is 3. The molecule has 1 aromatic carbocycles. The molecule has 0 amide bonds. The Bertz CT molecular complexity index is 608. The molecule has 146 valence electrons. The summed E-state index contributed by atoms with van der Waals surface area (Å²) in [5, 5.41) is 7.20. The molecule has 0 aromatic heterocycles. The second kappa shape index (κ2) is 10.5. The number of benzene rings is 1. The fourth-order valence-corrected chi connectivity index (χ4v) is 3.12. The fraction of sp³-hybridized carbons (Fsp3) is 0.632. The van der Waals surface area contributed by atoms with Crippen molar-refractivity contribution in [1.29, 1.82) is 0 Å². The van der Waals surface area contributed by atoms with Gasteiger partial charge in [-0.15, -0.1) is 0 Å². The van der Waals surface area contributed by atoms with Gasteiger partial charge in [-0.2, -0.15) is 0 Å². The quantitative estimate of drug-likeness (QED) is 0.533. The van der Waals surface area contributed by atoms with Gasteiger partial charge in [0.2, 0.25) is 0 Å². The number of rotatable bonds is 8. The molecule has 0 saturated carbocycles. The van der Waals surface area contributed by atoms with Gasteiger partial charge in [0.05, 0.1) is 11.1 Å². The summed E-state index contributed by atoms with van der Waals surface area (Å²) in [6, 6.07) is 3.84. The van der Waals surface area contributed by atoms with E-state index in [1.807, 2.05) is 19.1 Å². The molecular weight excluding hydrogens is 354 g/mol. The second-order valence-electron chi connectivity index (χ2n) is 6.48. The molecule has 7 heteroatoms. The lowest BCUT2D eigenvalue weighted by atomic mass is 10.0. The third-order valence-electron chi connectivity index (χ3n) is 4.19. The highest BCUT2D eigenvalue weighted by Gasteiger charge is 2.17. The number of fused-ring (bicyclic) bond motifs is 1. The number of halogens is 1. The predicted molar refractivity (Wildman–Crippen MR) is 106 cm³/mol. The van der Waals surface area contributed by atoms with Crippen LogP contribution < -0.4 is 20.1 Å². The maximum Gasteiger partial charge on any atom is 0.191 e. The Hall–Kier alpha value is -1.66. The number of guanidine groups is 1. The standard InChI is InChI=1S/C19H30ClN3O3/c1-5-24-16(13(2)3)6-7-22-19(21-4)23-12-14-10-15(20)18-17(11-14)25-8-9-26-18/h10-11,13,16H,5-9,12H2,1-4H3,(H2,21,22,23). The number of nitrogens with one attached hydrogen (secondary N) is 2. The first-order valence-electron chi connectivity index (χ1n) is 9.19. The molecule has 0 saturated heterocycles. The van der Waals surface area contributed by atoms with E-state index in [9.17, 15) is 0 Å². The molecule has 2 rings (SSSR count). The summed E-state index contributed by atoms with van der Waals surface area (Å²) in [5.74, 6) is 2.56. The number of hydrogen-bond acceptors (Lipinski definition) is 4. The minimum atomic E-state index is 0.252. The zero-order chi connectivity index (χ0) is 18.9. The highest BCUT2D eigenvalue weighted by molar-refractivity contribution is 6.32. The summed E-state index contributed by atoms with van der Waals surface area (Å²) < 4.78 is 16.9. The van der Waals surface area contributed by atoms with Crippen LogP contribution in [-0.2, 0) is 11.3 Å². The fourth-order valence-electron chi connectivity index (χ4n) is 2.83. The molecule has 1 aliphatic heterocycles. The molecule has 26 heavy (non-hydrogen) atoms. The van der Waals surface area contributed by atoms with Crippen molar-refractivity contribution in [2.45, 2.75) is 39.8 Å². The molecular formula is C19H30ClN3O3. The monoisotopic (exact) mass is 383 g/mol. The van der Waals surface area contributed by atoms with E-state index in [4.69, 9.17) is 25.8 Å². The molecule has 0 spiro atoms. The van der Waals surface area contributed by atoms with E-state index in [1.54, 1.807) is 7.05 Å². The lowest BCUT2D eigenvalue weighted by molar-refractivity contribution is 0.0258. The van der Waals surface area contributed by atoms with E-state index in [2.05, 4.69) is 29.5 Å². The van der Waals surface area contributed by atoms with Crippen molar-refractivity contribution in [3.8, 4) is 11.5 Å². The van der Waals surface area contributed by atoms with Gasteiger partial charge in [0.15, 0.2) is 17.5 Å². The smallest absolute Gasteiger partial charge is 0.191 e. The van der Waals surface area contributed by atoms with E-state index < -0.39 is 0 Å². The summed E-state index contributed by atoms with van der Waals surface area (Å²) in [4.78, 5) is 4.27. The van der Waals surface area contributed by atoms with Gasteiger partial charge < -0.3 is 24.8 Å². The number of nitrogens with zero attached hydrogens (tertiary/aromatic N) is 1. The van der Waals surface area contributed by atoms with E-state index in [1.165, 1.54) is 0 Å². The van der Waals surface area contributed by atoms with Crippen LogP contribution in [0.15, 0.2) is 17.1 Å². The Balaban J connectivity index is 1.84. The average Bonchev–Trinajstić information content (AvgIpc) is 2.63. The van der Waals surface area contributed by atoms with Gasteiger partial charge in [-0.25, -0.2) is 0 Å². The van der Waals surface area contributed by atoms with Gasteiger partial charge in [-0.3, -0.25) is 4.99 Å². The Kier molecular flexibility index (Phi) is 8.32. The van der Waals surface area contributed by atoms with Crippen molar-refractivity contribution >= 4 is 17.6 Å². The molecule has 0 aliphatic carbocycles. The van der Waals surface area contributed by atoms with E-state index in [-0.39, 0.29) is 6.10 Å². The third-order valence-corrected chi connectivity index (χ3v) is 4.47. The van der Waals surface area contributed by atoms with Crippen LogP contribution in [0.5, 0.6) is 11.5 Å². The summed E-state index contributed by atoms with van der Waals surface area (Å²) >= 11 is 6.28. The van der Waals surface area contributed by atoms with Crippen molar-refractivity contribution in [2.24, 2.45) is 10.9 Å². The van der Waals surface area contributed by atoms with Crippen molar-refractivity contribution in [3.05, 3.63) is 22.7 Å². The van der Waals surface area contributed by atoms with Crippen LogP contribution in [0.25, 0.3) is 0 Å². The molecule has 0 fully saturated rings. The van der Waals surface area contributed by atoms with Gasteiger partial charge in [0, 0.05) is 26.7 Å². The van der Waals surface area contributed by atoms with Crippen molar-refractivity contribution in [1.82, 2.24) is 10.6 Å². The van der Waals surface area contributed by atoms with Gasteiger partial charge >= 0.3 is 0 Å². The summed E-state index contributed by atoms with van der Waals surface area (Å²) in [6.07, 6.45) is 1.18. The average molecular weight is 384 g/mol. The highest BCUT2D eigenvalue weighted by atomic mass is 35.5. The van der Waals surface area contributed by atoms with Gasteiger partial charge in [-0.05, 0) is 37.0 Å². The summed E-state index contributed by atoms with van der Waals surface area (Å²) in [6.45, 7) is 9.58. The molecule has 1 aromatic rings. The van der Waals surface area contributed by atoms with E-state index in [0.29, 0.717) is 42.2 Å². The largest absolute Gasteiger partial charge is 0.486 e. The predicted octanol–water partition coefficient (Wildman–Crippen LogP) is 3.23. The van der Waals surface area contributed by atoms with E-state index >= 15 is 0 Å². The molecule has 2 N–H and O–H groups in total. The summed E-state index contributed by atoms with van der Waals surface area (Å²) in [7, 11) is 1.76. The molecule has 1 atom stereocenters. The molecule has 1 aliphatic rings. The lowest BCUT2D eigenvalue weighted by Crippen LogP contribution is -2.39.